The number of rotatable bonds is 14. The number of ether oxygens (including phenoxy) is 3. The predicted molar refractivity (Wildman–Crippen MR) is 194 cm³/mol. The van der Waals surface area contributed by atoms with Crippen LogP contribution in [0, 0.1) is 0 Å². The lowest BCUT2D eigenvalue weighted by Gasteiger charge is -2.32. The zero-order chi connectivity index (χ0) is 35.7. The van der Waals surface area contributed by atoms with Crippen LogP contribution in [0.4, 0.5) is 0 Å². The third-order valence-corrected chi connectivity index (χ3v) is 8.86. The van der Waals surface area contributed by atoms with E-state index >= 15 is 0 Å². The molecule has 0 spiro atoms. The highest BCUT2D eigenvalue weighted by molar-refractivity contribution is 6.02. The van der Waals surface area contributed by atoms with E-state index in [0.717, 1.165) is 16.7 Å². The van der Waals surface area contributed by atoms with Crippen LogP contribution >= 0.6 is 0 Å². The molecule has 2 N–H and O–H groups in total. The van der Waals surface area contributed by atoms with Crippen LogP contribution in [-0.4, -0.2) is 59.9 Å². The Morgan fingerprint density at radius 1 is 0.863 bits per heavy atom. The van der Waals surface area contributed by atoms with Gasteiger partial charge in [-0.15, -0.1) is 0 Å². The first-order valence-corrected chi connectivity index (χ1v) is 17.3. The Morgan fingerprint density at radius 3 is 2.04 bits per heavy atom. The summed E-state index contributed by atoms with van der Waals surface area (Å²) in [5, 5.41) is 17.3. The average molecular weight is 690 g/mol. The van der Waals surface area contributed by atoms with Crippen molar-refractivity contribution < 1.29 is 33.4 Å². The number of aromatic nitrogens is 1. The molecule has 1 aromatic heterocycles. The molecule has 0 bridgehead atoms. The first-order valence-electron chi connectivity index (χ1n) is 17.3. The lowest BCUT2D eigenvalue weighted by Crippen LogP contribution is -2.42. The summed E-state index contributed by atoms with van der Waals surface area (Å²) in [5.74, 6) is 0.279. The number of carbonyl (C=O) groups excluding carboxylic acids is 1. The quantitative estimate of drug-likeness (QED) is 0.122. The first kappa shape index (κ1) is 35.4. The molecular weight excluding hydrogens is 646 g/mol. The summed E-state index contributed by atoms with van der Waals surface area (Å²) in [7, 11) is 0. The van der Waals surface area contributed by atoms with Crippen molar-refractivity contribution in [2.75, 3.05) is 32.8 Å². The molecule has 0 saturated carbocycles. The molecule has 4 aromatic carbocycles. The van der Waals surface area contributed by atoms with Gasteiger partial charge in [-0.1, -0.05) is 104 Å². The molecule has 1 unspecified atom stereocenters. The van der Waals surface area contributed by atoms with Crippen LogP contribution in [0.3, 0.4) is 0 Å². The Labute approximate surface area is 297 Å². The van der Waals surface area contributed by atoms with Gasteiger partial charge in [0.25, 0.3) is 5.91 Å². The lowest BCUT2D eigenvalue weighted by atomic mass is 9.93. The molecular formula is C41H43N3O7. The van der Waals surface area contributed by atoms with Crippen LogP contribution in [0.15, 0.2) is 102 Å². The molecule has 10 heteroatoms. The van der Waals surface area contributed by atoms with E-state index in [-0.39, 0.29) is 24.1 Å². The second kappa shape index (κ2) is 16.5. The van der Waals surface area contributed by atoms with Gasteiger partial charge in [0, 0.05) is 25.7 Å². The second-order valence-corrected chi connectivity index (χ2v) is 12.7. The summed E-state index contributed by atoms with van der Waals surface area (Å²) < 4.78 is 24.4. The maximum absolute atomic E-state index is 13.4. The summed E-state index contributed by atoms with van der Waals surface area (Å²) in [6.07, 6.45) is 0. The minimum absolute atomic E-state index is 0.0688. The van der Waals surface area contributed by atoms with Crippen molar-refractivity contribution in [3.8, 4) is 33.9 Å². The van der Waals surface area contributed by atoms with E-state index in [1.54, 1.807) is 12.1 Å². The van der Waals surface area contributed by atoms with Gasteiger partial charge in [0.15, 0.2) is 11.5 Å². The fraction of sp³-hybridized carbons (Fsp3) is 0.293. The molecule has 1 atom stereocenters. The zero-order valence-electron chi connectivity index (χ0n) is 29.1. The number of carboxylic acid groups (broad SMARTS) is 1. The minimum atomic E-state index is -0.936. The number of hydrogen-bond donors (Lipinski definition) is 2. The SMILES string of the molecule is CCNC(=O)c1noc(-c2cc(C(C)C)c(OCc3ccccc3)cc2OCc2ccccc2)c1-c1ccc(C(C(=O)O)N2CCOCC2)cc1. The van der Waals surface area contributed by atoms with Crippen molar-refractivity contribution in [2.24, 2.45) is 0 Å². The largest absolute Gasteiger partial charge is 0.488 e. The van der Waals surface area contributed by atoms with Gasteiger partial charge in [0.05, 0.1) is 24.3 Å². The molecule has 264 valence electrons. The van der Waals surface area contributed by atoms with E-state index in [1.807, 2.05) is 96.8 Å². The molecule has 0 radical (unpaired) electrons. The van der Waals surface area contributed by atoms with Gasteiger partial charge in [-0.2, -0.15) is 0 Å². The van der Waals surface area contributed by atoms with E-state index in [2.05, 4.69) is 24.3 Å². The number of amides is 1. The Balaban J connectivity index is 1.46. The summed E-state index contributed by atoms with van der Waals surface area (Å²) in [6, 6.07) is 30.1. The van der Waals surface area contributed by atoms with E-state index in [0.29, 0.717) is 79.0 Å². The summed E-state index contributed by atoms with van der Waals surface area (Å²) in [5.41, 5.74) is 5.42. The normalized spacial score (nSPS) is 13.9. The molecule has 1 aliphatic rings. The summed E-state index contributed by atoms with van der Waals surface area (Å²) >= 11 is 0. The number of nitrogens with zero attached hydrogens (tertiary/aromatic N) is 2. The molecule has 0 aliphatic carbocycles. The van der Waals surface area contributed by atoms with Crippen molar-refractivity contribution in [1.82, 2.24) is 15.4 Å². The van der Waals surface area contributed by atoms with E-state index in [1.165, 1.54) is 0 Å². The van der Waals surface area contributed by atoms with Crippen LogP contribution in [0.25, 0.3) is 22.5 Å². The van der Waals surface area contributed by atoms with Gasteiger partial charge < -0.3 is 29.2 Å². The second-order valence-electron chi connectivity index (χ2n) is 12.7. The van der Waals surface area contributed by atoms with Gasteiger partial charge >= 0.3 is 5.97 Å². The molecule has 1 aliphatic heterocycles. The molecule has 10 nitrogen and oxygen atoms in total. The molecule has 2 heterocycles. The van der Waals surface area contributed by atoms with Crippen LogP contribution in [0.2, 0.25) is 0 Å². The monoisotopic (exact) mass is 689 g/mol. The van der Waals surface area contributed by atoms with Gasteiger partial charge in [-0.05, 0) is 46.7 Å². The van der Waals surface area contributed by atoms with Crippen molar-refractivity contribution in [2.45, 2.75) is 45.9 Å². The molecule has 1 saturated heterocycles. The highest BCUT2D eigenvalue weighted by Gasteiger charge is 2.31. The maximum Gasteiger partial charge on any atom is 0.325 e. The van der Waals surface area contributed by atoms with E-state index < -0.39 is 12.0 Å². The summed E-state index contributed by atoms with van der Waals surface area (Å²) in [4.78, 5) is 27.7. The first-order chi connectivity index (χ1) is 24.8. The van der Waals surface area contributed by atoms with Crippen LogP contribution in [0.5, 0.6) is 11.5 Å². The van der Waals surface area contributed by atoms with Crippen LogP contribution in [0.1, 0.15) is 65.5 Å². The Kier molecular flexibility index (Phi) is 11.4. The van der Waals surface area contributed by atoms with Gasteiger partial charge in [-0.25, -0.2) is 0 Å². The number of aliphatic carboxylic acids is 1. The number of morpholine rings is 1. The third kappa shape index (κ3) is 8.30. The van der Waals surface area contributed by atoms with Crippen LogP contribution < -0.4 is 14.8 Å². The Morgan fingerprint density at radius 2 is 1.47 bits per heavy atom. The Hall–Kier alpha value is -5.45. The number of carboxylic acids is 1. The van der Waals surface area contributed by atoms with Crippen molar-refractivity contribution in [3.05, 3.63) is 125 Å². The molecule has 1 fully saturated rings. The van der Waals surface area contributed by atoms with Crippen molar-refractivity contribution in [3.63, 3.8) is 0 Å². The van der Waals surface area contributed by atoms with E-state index in [9.17, 15) is 14.7 Å². The number of benzene rings is 4. The molecule has 51 heavy (non-hydrogen) atoms. The average Bonchev–Trinajstić information content (AvgIpc) is 3.60. The lowest BCUT2D eigenvalue weighted by molar-refractivity contribution is -0.145. The number of carbonyl (C=O) groups is 2. The van der Waals surface area contributed by atoms with Gasteiger partial charge in [-0.3, -0.25) is 14.5 Å². The van der Waals surface area contributed by atoms with Gasteiger partial charge in [0.2, 0.25) is 0 Å². The Bertz CT molecular complexity index is 1920. The highest BCUT2D eigenvalue weighted by atomic mass is 16.5. The molecule has 5 aromatic rings. The predicted octanol–water partition coefficient (Wildman–Crippen LogP) is 7.50. The maximum atomic E-state index is 13.4. The minimum Gasteiger partial charge on any atom is -0.488 e. The van der Waals surface area contributed by atoms with Crippen molar-refractivity contribution in [1.29, 1.82) is 0 Å². The topological polar surface area (TPSA) is 123 Å². The molecule has 6 rings (SSSR count). The highest BCUT2D eigenvalue weighted by Crippen LogP contribution is 2.44. The van der Waals surface area contributed by atoms with Crippen LogP contribution in [-0.2, 0) is 22.7 Å². The zero-order valence-corrected chi connectivity index (χ0v) is 29.1. The fourth-order valence-electron chi connectivity index (χ4n) is 6.24. The third-order valence-electron chi connectivity index (χ3n) is 8.86. The van der Waals surface area contributed by atoms with E-state index in [4.69, 9.17) is 18.7 Å². The summed E-state index contributed by atoms with van der Waals surface area (Å²) in [6.45, 7) is 9.07. The standard InChI is InChI=1S/C41H43N3O7/c1-4-42-40(45)37-36(30-15-17-31(18-16-30)38(41(46)47)44-19-21-48-22-20-44)39(51-43-37)33-23-32(27(2)3)34(49-25-28-11-7-5-8-12-28)24-35(33)50-26-29-13-9-6-10-14-29/h5-18,23-24,27,38H,4,19-22,25-26H2,1-3H3,(H,42,45)(H,46,47). The van der Waals surface area contributed by atoms with Gasteiger partial charge in [0.1, 0.15) is 30.8 Å². The molecule has 1 amide bonds. The fourth-order valence-corrected chi connectivity index (χ4v) is 6.24. The van der Waals surface area contributed by atoms with Crippen molar-refractivity contribution >= 4 is 11.9 Å². The number of nitrogens with one attached hydrogen (secondary N) is 1. The number of hydrogen-bond acceptors (Lipinski definition) is 8. The smallest absolute Gasteiger partial charge is 0.325 e.